The molecule has 2 aromatic carbocycles. The maximum absolute atomic E-state index is 11.8. The Hall–Kier alpha value is -2.48. The second-order valence-corrected chi connectivity index (χ2v) is 4.50. The topological polar surface area (TPSA) is 30.0 Å². The number of carbonyl (C=O) groups excluding carboxylic acids is 1. The van der Waals surface area contributed by atoms with Crippen molar-refractivity contribution in [2.45, 2.75) is 6.92 Å². The van der Waals surface area contributed by atoms with Gasteiger partial charge in [0, 0.05) is 23.3 Å². The fourth-order valence-electron chi connectivity index (χ4n) is 2.37. The largest absolute Gasteiger partial charge is 0.294 e. The predicted octanol–water partition coefficient (Wildman–Crippen LogP) is 4.10. The van der Waals surface area contributed by atoms with Crippen LogP contribution < -0.4 is 0 Å². The Morgan fingerprint density at radius 1 is 0.947 bits per heavy atom. The third-order valence-corrected chi connectivity index (χ3v) is 3.28. The summed E-state index contributed by atoms with van der Waals surface area (Å²) in [7, 11) is 0. The molecule has 0 spiro atoms. The molecule has 0 aliphatic rings. The maximum Gasteiger partial charge on any atom is 0.160 e. The van der Waals surface area contributed by atoms with E-state index in [9.17, 15) is 4.79 Å². The first kappa shape index (κ1) is 11.6. The van der Waals surface area contributed by atoms with Crippen molar-refractivity contribution in [1.82, 2.24) is 4.98 Å². The van der Waals surface area contributed by atoms with Gasteiger partial charge in [-0.2, -0.15) is 0 Å². The zero-order valence-corrected chi connectivity index (χ0v) is 10.6. The fourth-order valence-corrected chi connectivity index (χ4v) is 2.37. The van der Waals surface area contributed by atoms with Crippen molar-refractivity contribution in [1.29, 1.82) is 0 Å². The lowest BCUT2D eigenvalue weighted by Gasteiger charge is -2.10. The molecule has 19 heavy (non-hydrogen) atoms. The van der Waals surface area contributed by atoms with Crippen LogP contribution in [-0.2, 0) is 0 Å². The van der Waals surface area contributed by atoms with E-state index in [0.717, 1.165) is 27.5 Å². The molecular formula is C17H13NO. The molecule has 0 amide bonds. The zero-order valence-electron chi connectivity index (χ0n) is 10.6. The van der Waals surface area contributed by atoms with Gasteiger partial charge in [-0.15, -0.1) is 0 Å². The van der Waals surface area contributed by atoms with Crippen molar-refractivity contribution in [3.63, 3.8) is 0 Å². The van der Waals surface area contributed by atoms with E-state index in [2.05, 4.69) is 11.1 Å². The third kappa shape index (κ3) is 2.02. The summed E-state index contributed by atoms with van der Waals surface area (Å²) in [6.45, 7) is 1.60. The Balaban J connectivity index is 2.34. The summed E-state index contributed by atoms with van der Waals surface area (Å²) in [5.41, 5.74) is 2.77. The SMILES string of the molecule is CC(=O)c1ccccc1-c1cccc2ccncc12. The van der Waals surface area contributed by atoms with Gasteiger partial charge in [-0.1, -0.05) is 42.5 Å². The molecule has 1 heterocycles. The molecule has 0 aliphatic carbocycles. The molecule has 1 aromatic heterocycles. The van der Waals surface area contributed by atoms with E-state index in [0.29, 0.717) is 0 Å². The molecule has 0 N–H and O–H groups in total. The number of fused-ring (bicyclic) bond motifs is 1. The number of aromatic nitrogens is 1. The smallest absolute Gasteiger partial charge is 0.160 e. The van der Waals surface area contributed by atoms with E-state index < -0.39 is 0 Å². The van der Waals surface area contributed by atoms with Crippen molar-refractivity contribution in [3.05, 3.63) is 66.5 Å². The maximum atomic E-state index is 11.8. The van der Waals surface area contributed by atoms with E-state index in [1.807, 2.05) is 48.7 Å². The highest BCUT2D eigenvalue weighted by Crippen LogP contribution is 2.30. The monoisotopic (exact) mass is 247 g/mol. The van der Waals surface area contributed by atoms with Crippen LogP contribution in [-0.4, -0.2) is 10.8 Å². The summed E-state index contributed by atoms with van der Waals surface area (Å²) in [5.74, 6) is 0.0801. The molecule has 0 unspecified atom stereocenters. The molecular weight excluding hydrogens is 234 g/mol. The highest BCUT2D eigenvalue weighted by Gasteiger charge is 2.10. The number of hydrogen-bond acceptors (Lipinski definition) is 2. The van der Waals surface area contributed by atoms with Crippen molar-refractivity contribution in [2.24, 2.45) is 0 Å². The standard InChI is InChI=1S/C17H13NO/c1-12(19)14-6-2-3-7-15(14)16-8-4-5-13-9-10-18-11-17(13)16/h2-11H,1H3. The molecule has 0 bridgehead atoms. The summed E-state index contributed by atoms with van der Waals surface area (Å²) in [4.78, 5) is 15.9. The van der Waals surface area contributed by atoms with E-state index in [4.69, 9.17) is 0 Å². The van der Waals surface area contributed by atoms with Gasteiger partial charge in [0.2, 0.25) is 0 Å². The molecule has 0 fully saturated rings. The Morgan fingerprint density at radius 2 is 1.74 bits per heavy atom. The second-order valence-electron chi connectivity index (χ2n) is 4.50. The number of benzene rings is 2. The van der Waals surface area contributed by atoms with Gasteiger partial charge in [0.15, 0.2) is 5.78 Å². The van der Waals surface area contributed by atoms with Gasteiger partial charge in [0.1, 0.15) is 0 Å². The first-order valence-electron chi connectivity index (χ1n) is 6.20. The second kappa shape index (κ2) is 4.65. The Bertz CT molecular complexity index is 757. The average molecular weight is 247 g/mol. The lowest BCUT2D eigenvalue weighted by Crippen LogP contribution is -1.96. The Kier molecular flexibility index (Phi) is 2.84. The van der Waals surface area contributed by atoms with Crippen molar-refractivity contribution >= 4 is 16.6 Å². The minimum Gasteiger partial charge on any atom is -0.294 e. The summed E-state index contributed by atoms with van der Waals surface area (Å²) in [6, 6.07) is 15.8. The summed E-state index contributed by atoms with van der Waals surface area (Å²) in [6.07, 6.45) is 3.63. The molecule has 0 saturated heterocycles. The number of hydrogen-bond donors (Lipinski definition) is 0. The Labute approximate surface area is 111 Å². The third-order valence-electron chi connectivity index (χ3n) is 3.28. The number of pyridine rings is 1. The van der Waals surface area contributed by atoms with E-state index in [-0.39, 0.29) is 5.78 Å². The highest BCUT2D eigenvalue weighted by atomic mass is 16.1. The number of carbonyl (C=O) groups is 1. The predicted molar refractivity (Wildman–Crippen MR) is 77.2 cm³/mol. The molecule has 2 nitrogen and oxygen atoms in total. The van der Waals surface area contributed by atoms with Gasteiger partial charge in [-0.05, 0) is 29.5 Å². The van der Waals surface area contributed by atoms with Crippen LogP contribution in [0.25, 0.3) is 21.9 Å². The van der Waals surface area contributed by atoms with E-state index in [1.165, 1.54) is 0 Å². The Morgan fingerprint density at radius 3 is 2.58 bits per heavy atom. The lowest BCUT2D eigenvalue weighted by molar-refractivity contribution is 0.101. The number of ketones is 1. The molecule has 0 saturated carbocycles. The average Bonchev–Trinajstić information content (AvgIpc) is 2.46. The van der Waals surface area contributed by atoms with Crippen LogP contribution in [0.4, 0.5) is 0 Å². The van der Waals surface area contributed by atoms with Gasteiger partial charge in [-0.25, -0.2) is 0 Å². The van der Waals surface area contributed by atoms with Gasteiger partial charge in [-0.3, -0.25) is 9.78 Å². The van der Waals surface area contributed by atoms with Crippen LogP contribution in [0.3, 0.4) is 0 Å². The number of nitrogens with zero attached hydrogens (tertiary/aromatic N) is 1. The molecule has 92 valence electrons. The lowest BCUT2D eigenvalue weighted by atomic mass is 9.94. The van der Waals surface area contributed by atoms with Crippen molar-refractivity contribution in [3.8, 4) is 11.1 Å². The molecule has 0 aliphatic heterocycles. The summed E-state index contributed by atoms with van der Waals surface area (Å²) < 4.78 is 0. The van der Waals surface area contributed by atoms with Gasteiger partial charge < -0.3 is 0 Å². The van der Waals surface area contributed by atoms with Crippen LogP contribution in [0, 0.1) is 0 Å². The van der Waals surface area contributed by atoms with Gasteiger partial charge >= 0.3 is 0 Å². The van der Waals surface area contributed by atoms with E-state index >= 15 is 0 Å². The van der Waals surface area contributed by atoms with Crippen LogP contribution in [0.1, 0.15) is 17.3 Å². The normalized spacial score (nSPS) is 10.6. The van der Waals surface area contributed by atoms with Crippen LogP contribution in [0.2, 0.25) is 0 Å². The van der Waals surface area contributed by atoms with Crippen molar-refractivity contribution < 1.29 is 4.79 Å². The molecule has 2 heteroatoms. The first-order valence-corrected chi connectivity index (χ1v) is 6.20. The molecule has 0 atom stereocenters. The van der Waals surface area contributed by atoms with Crippen molar-refractivity contribution in [2.75, 3.05) is 0 Å². The fraction of sp³-hybridized carbons (Fsp3) is 0.0588. The summed E-state index contributed by atoms with van der Waals surface area (Å²) in [5, 5.41) is 2.20. The van der Waals surface area contributed by atoms with Gasteiger partial charge in [0.25, 0.3) is 0 Å². The summed E-state index contributed by atoms with van der Waals surface area (Å²) >= 11 is 0. The van der Waals surface area contributed by atoms with Crippen LogP contribution >= 0.6 is 0 Å². The highest BCUT2D eigenvalue weighted by molar-refractivity contribution is 6.05. The van der Waals surface area contributed by atoms with Gasteiger partial charge in [0.05, 0.1) is 0 Å². The molecule has 3 rings (SSSR count). The molecule has 3 aromatic rings. The van der Waals surface area contributed by atoms with Crippen LogP contribution in [0.15, 0.2) is 60.9 Å². The first-order chi connectivity index (χ1) is 9.27. The quantitative estimate of drug-likeness (QED) is 0.638. The zero-order chi connectivity index (χ0) is 13.2. The molecule has 0 radical (unpaired) electrons. The van der Waals surface area contributed by atoms with E-state index in [1.54, 1.807) is 13.1 Å². The van der Waals surface area contributed by atoms with Crippen LogP contribution in [0.5, 0.6) is 0 Å². The minimum atomic E-state index is 0.0801. The minimum absolute atomic E-state index is 0.0801. The number of rotatable bonds is 2. The number of Topliss-reactive ketones (excluding diaryl/α,β-unsaturated/α-hetero) is 1.